The fraction of sp³-hybridized carbons (Fsp3) is 0.263. The summed E-state index contributed by atoms with van der Waals surface area (Å²) in [5.41, 5.74) is 7.54. The van der Waals surface area contributed by atoms with E-state index in [1.807, 2.05) is 43.3 Å². The number of carbonyl (C=O) groups is 2. The minimum Gasteiger partial charge on any atom is -0.481 e. The summed E-state index contributed by atoms with van der Waals surface area (Å²) < 4.78 is 5.00. The fourth-order valence-corrected chi connectivity index (χ4v) is 2.47. The van der Waals surface area contributed by atoms with Gasteiger partial charge in [-0.1, -0.05) is 60.7 Å². The number of esters is 1. The molecule has 1 aliphatic heterocycles. The zero-order valence-corrected chi connectivity index (χ0v) is 13.5. The number of carbonyl (C=O) groups excluding carboxylic acids is 1. The van der Waals surface area contributed by atoms with Crippen LogP contribution in [0.2, 0.25) is 0 Å². The molecule has 0 aliphatic carbocycles. The third kappa shape index (κ3) is 4.67. The predicted octanol–water partition coefficient (Wildman–Crippen LogP) is 3.08. The second kappa shape index (κ2) is 8.26. The van der Waals surface area contributed by atoms with Gasteiger partial charge in [0.1, 0.15) is 12.0 Å². The normalized spacial score (nSPS) is 20.5. The molecule has 1 heterocycles. The van der Waals surface area contributed by atoms with Gasteiger partial charge in [-0.3, -0.25) is 9.59 Å². The smallest absolute Gasteiger partial charge is 0.311 e. The molecule has 2 aromatic carbocycles. The standard InChI is InChI=1S/C11H10O4.C8H11N/c12-9-6-8(11(13)14)10(15-9)7-4-2-1-3-5-7;1-7(9)8-5-3-2-4-6-8/h1-5,8,10H,6H2,(H,13,14);2-7H,9H2,1H3/t8-,10+;/m0./s1. The van der Waals surface area contributed by atoms with E-state index in [1.165, 1.54) is 5.56 Å². The summed E-state index contributed by atoms with van der Waals surface area (Å²) >= 11 is 0. The number of hydrogen-bond donors (Lipinski definition) is 2. The summed E-state index contributed by atoms with van der Waals surface area (Å²) in [6.45, 7) is 1.98. The number of ether oxygens (including phenoxy) is 1. The van der Waals surface area contributed by atoms with E-state index >= 15 is 0 Å². The summed E-state index contributed by atoms with van der Waals surface area (Å²) in [7, 11) is 0. The number of carboxylic acids is 1. The number of benzene rings is 2. The molecule has 3 rings (SSSR count). The van der Waals surface area contributed by atoms with Crippen LogP contribution in [0, 0.1) is 5.92 Å². The Morgan fingerprint density at radius 1 is 1.12 bits per heavy atom. The van der Waals surface area contributed by atoms with Gasteiger partial charge < -0.3 is 15.6 Å². The molecule has 5 heteroatoms. The van der Waals surface area contributed by atoms with Crippen molar-refractivity contribution in [2.24, 2.45) is 11.7 Å². The Balaban J connectivity index is 0.000000198. The van der Waals surface area contributed by atoms with Crippen LogP contribution in [0.5, 0.6) is 0 Å². The molecule has 5 nitrogen and oxygen atoms in total. The molecular weight excluding hydrogens is 306 g/mol. The van der Waals surface area contributed by atoms with Crippen LogP contribution in [0.4, 0.5) is 0 Å². The Morgan fingerprint density at radius 2 is 1.67 bits per heavy atom. The second-order valence-electron chi connectivity index (χ2n) is 5.67. The Labute approximate surface area is 141 Å². The molecule has 0 bridgehead atoms. The van der Waals surface area contributed by atoms with E-state index in [-0.39, 0.29) is 12.5 Å². The molecule has 24 heavy (non-hydrogen) atoms. The lowest BCUT2D eigenvalue weighted by Gasteiger charge is -2.13. The molecule has 126 valence electrons. The van der Waals surface area contributed by atoms with Gasteiger partial charge in [-0.25, -0.2) is 0 Å². The Bertz CT molecular complexity index is 670. The molecule has 2 aromatic rings. The third-order valence-electron chi connectivity index (χ3n) is 3.78. The van der Waals surface area contributed by atoms with Crippen molar-refractivity contribution in [2.45, 2.75) is 25.5 Å². The second-order valence-corrected chi connectivity index (χ2v) is 5.67. The van der Waals surface area contributed by atoms with Crippen LogP contribution in [0.15, 0.2) is 60.7 Å². The minimum atomic E-state index is -0.991. The van der Waals surface area contributed by atoms with Crippen LogP contribution >= 0.6 is 0 Å². The zero-order valence-electron chi connectivity index (χ0n) is 13.5. The third-order valence-corrected chi connectivity index (χ3v) is 3.78. The number of rotatable bonds is 3. The van der Waals surface area contributed by atoms with Crippen molar-refractivity contribution < 1.29 is 19.4 Å². The van der Waals surface area contributed by atoms with E-state index in [9.17, 15) is 9.59 Å². The first-order valence-electron chi connectivity index (χ1n) is 7.76. The van der Waals surface area contributed by atoms with Crippen molar-refractivity contribution in [1.82, 2.24) is 0 Å². The van der Waals surface area contributed by atoms with Gasteiger partial charge >= 0.3 is 11.9 Å². The van der Waals surface area contributed by atoms with Crippen molar-refractivity contribution in [1.29, 1.82) is 0 Å². The molecule has 0 aromatic heterocycles. The molecule has 3 atom stereocenters. The van der Waals surface area contributed by atoms with E-state index in [4.69, 9.17) is 15.6 Å². The monoisotopic (exact) mass is 327 g/mol. The molecule has 0 amide bonds. The first kappa shape index (κ1) is 17.7. The maximum atomic E-state index is 11.1. The summed E-state index contributed by atoms with van der Waals surface area (Å²) in [6, 6.07) is 19.2. The number of aliphatic carboxylic acids is 1. The first-order chi connectivity index (χ1) is 11.5. The van der Waals surface area contributed by atoms with E-state index in [2.05, 4.69) is 0 Å². The van der Waals surface area contributed by atoms with Crippen molar-refractivity contribution >= 4 is 11.9 Å². The molecule has 1 unspecified atom stereocenters. The lowest BCUT2D eigenvalue weighted by atomic mass is 9.95. The molecule has 1 fully saturated rings. The van der Waals surface area contributed by atoms with Gasteiger partial charge in [0.15, 0.2) is 0 Å². The minimum absolute atomic E-state index is 0.0467. The highest BCUT2D eigenvalue weighted by Gasteiger charge is 2.40. The number of hydrogen-bond acceptors (Lipinski definition) is 4. The number of carboxylic acid groups (broad SMARTS) is 1. The van der Waals surface area contributed by atoms with Crippen LogP contribution < -0.4 is 5.73 Å². The van der Waals surface area contributed by atoms with Crippen LogP contribution in [0.1, 0.15) is 36.6 Å². The van der Waals surface area contributed by atoms with Gasteiger partial charge in [0.05, 0.1) is 6.42 Å². The first-order valence-corrected chi connectivity index (χ1v) is 7.76. The summed E-state index contributed by atoms with van der Waals surface area (Å²) in [6.07, 6.45) is -0.689. The molecular formula is C19H21NO4. The molecule has 3 N–H and O–H groups in total. The highest BCUT2D eigenvalue weighted by atomic mass is 16.6. The SMILES string of the molecule is CC(N)c1ccccc1.O=C1C[C@H](C(=O)O)[C@@H](c2ccccc2)O1. The Hall–Kier alpha value is -2.66. The predicted molar refractivity (Wildman–Crippen MR) is 90.1 cm³/mol. The number of nitrogens with two attached hydrogens (primary N) is 1. The topological polar surface area (TPSA) is 89.6 Å². The molecule has 1 aliphatic rings. The van der Waals surface area contributed by atoms with E-state index in [0.717, 1.165) is 5.56 Å². The Kier molecular flexibility index (Phi) is 6.09. The van der Waals surface area contributed by atoms with Gasteiger partial charge in [-0.15, -0.1) is 0 Å². The van der Waals surface area contributed by atoms with E-state index < -0.39 is 24.0 Å². The highest BCUT2D eigenvalue weighted by molar-refractivity contribution is 5.82. The lowest BCUT2D eigenvalue weighted by Crippen LogP contribution is -2.17. The Morgan fingerprint density at radius 3 is 2.12 bits per heavy atom. The van der Waals surface area contributed by atoms with Gasteiger partial charge in [-0.2, -0.15) is 0 Å². The van der Waals surface area contributed by atoms with E-state index in [0.29, 0.717) is 0 Å². The zero-order chi connectivity index (χ0) is 17.5. The van der Waals surface area contributed by atoms with Gasteiger partial charge in [-0.05, 0) is 18.1 Å². The van der Waals surface area contributed by atoms with E-state index in [1.54, 1.807) is 24.3 Å². The van der Waals surface area contributed by atoms with Gasteiger partial charge in [0, 0.05) is 6.04 Å². The van der Waals surface area contributed by atoms with Crippen LogP contribution in [0.3, 0.4) is 0 Å². The van der Waals surface area contributed by atoms with Gasteiger partial charge in [0.2, 0.25) is 0 Å². The highest BCUT2D eigenvalue weighted by Crippen LogP contribution is 2.35. The van der Waals surface area contributed by atoms with Crippen molar-refractivity contribution in [3.05, 3.63) is 71.8 Å². The quantitative estimate of drug-likeness (QED) is 0.846. The molecule has 0 radical (unpaired) electrons. The van der Waals surface area contributed by atoms with Crippen molar-refractivity contribution in [3.8, 4) is 0 Å². The largest absolute Gasteiger partial charge is 0.481 e. The maximum absolute atomic E-state index is 11.1. The van der Waals surface area contributed by atoms with Crippen LogP contribution in [-0.2, 0) is 14.3 Å². The average Bonchev–Trinajstić information content (AvgIpc) is 2.99. The van der Waals surface area contributed by atoms with Crippen LogP contribution in [-0.4, -0.2) is 17.0 Å². The fourth-order valence-electron chi connectivity index (χ4n) is 2.47. The maximum Gasteiger partial charge on any atom is 0.311 e. The van der Waals surface area contributed by atoms with Crippen molar-refractivity contribution in [3.63, 3.8) is 0 Å². The lowest BCUT2D eigenvalue weighted by molar-refractivity contribution is -0.144. The average molecular weight is 327 g/mol. The number of cyclic esters (lactones) is 1. The molecule has 1 saturated heterocycles. The molecule has 0 saturated carbocycles. The molecule has 0 spiro atoms. The van der Waals surface area contributed by atoms with Crippen LogP contribution in [0.25, 0.3) is 0 Å². The summed E-state index contributed by atoms with van der Waals surface area (Å²) in [4.78, 5) is 22.0. The van der Waals surface area contributed by atoms with Crippen molar-refractivity contribution in [2.75, 3.05) is 0 Å². The summed E-state index contributed by atoms with van der Waals surface area (Å²) in [5, 5.41) is 8.93. The summed E-state index contributed by atoms with van der Waals surface area (Å²) in [5.74, 6) is -2.20. The van der Waals surface area contributed by atoms with Gasteiger partial charge in [0.25, 0.3) is 0 Å².